The standard InChI is InChI=1S/C6H13N.C5H6N2O2.C5H12N2.C5H11NS.C5H11N.C5H7N.C4H6N2O2.C4H5NO3.C4H5NO2S/c1-7-5-3-2-4-6-7;1-7-4(8)2-3-6-5(7)9;1-7-4-2-6-3-5-7;1-6-2-4-7-5-3-6;2*1-6-4-2-3-5-6;1-6-3(7)2-5-4(6)8;2*1-5-3(6)2-8-4(5)7/h2-6H2,1H3;2-3H,1H3,(H,6,9);6H,2-5H2,1H3;2-5H2,1H3;2-5H2,1H3;2-5H,1H3;2H2,1H3,(H,5,8);2*2H2,1H3. The number of carbonyl (C=O) groups is 6. The molecule has 23 heteroatoms. The number of H-pyrrole nitrogens is 1. The molecule has 3 N–H and O–H groups in total. The molecule has 0 radical (unpaired) electrons. The number of nitrogens with one attached hydrogen (secondary N) is 3. The number of likely N-dealkylation sites (tertiary alicyclic amines) is 2. The van der Waals surface area contributed by atoms with Gasteiger partial charge in [0.2, 0.25) is 11.8 Å². The Kier molecular flexibility index (Phi) is 31.3. The molecule has 0 aromatic carbocycles. The number of likely N-dealkylation sites (N-methyl/N-ethyl adjacent to an activating group) is 3. The van der Waals surface area contributed by atoms with Gasteiger partial charge in [-0.1, -0.05) is 18.2 Å². The first-order valence-corrected chi connectivity index (χ1v) is 24.2. The number of piperidine rings is 1. The summed E-state index contributed by atoms with van der Waals surface area (Å²) in [5.74, 6) is 2.42. The number of urea groups is 1. The predicted octanol–water partition coefficient (Wildman–Crippen LogP) is 1.17. The minimum Gasteiger partial charge on any atom is -0.439 e. The fourth-order valence-electron chi connectivity index (χ4n) is 5.61. The number of piperazine rings is 1. The van der Waals surface area contributed by atoms with Gasteiger partial charge in [-0.25, -0.2) is 19.3 Å². The van der Waals surface area contributed by atoms with Crippen molar-refractivity contribution in [2.45, 2.75) is 32.1 Å². The minimum absolute atomic E-state index is 0.0972. The molecule has 374 valence electrons. The van der Waals surface area contributed by atoms with E-state index in [0.717, 1.165) is 44.1 Å². The van der Waals surface area contributed by atoms with Crippen LogP contribution in [-0.4, -0.2) is 229 Å². The van der Waals surface area contributed by atoms with E-state index < -0.39 is 6.09 Å². The lowest BCUT2D eigenvalue weighted by Gasteiger charge is -2.21. The summed E-state index contributed by atoms with van der Waals surface area (Å²) in [6.07, 6.45) is 11.9. The predicted molar refractivity (Wildman–Crippen MR) is 262 cm³/mol. The van der Waals surface area contributed by atoms with Gasteiger partial charge in [0.15, 0.2) is 6.61 Å². The lowest BCUT2D eigenvalue weighted by Crippen LogP contribution is -2.40. The maximum atomic E-state index is 10.6. The molecule has 7 saturated heterocycles. The van der Waals surface area contributed by atoms with Gasteiger partial charge in [-0.2, -0.15) is 11.8 Å². The van der Waals surface area contributed by atoms with Gasteiger partial charge in [-0.15, -0.1) is 0 Å². The van der Waals surface area contributed by atoms with Crippen molar-refractivity contribution < 1.29 is 33.5 Å². The highest BCUT2D eigenvalue weighted by molar-refractivity contribution is 8.14. The lowest BCUT2D eigenvalue weighted by molar-refractivity contribution is -0.125. The molecule has 7 aliphatic heterocycles. The van der Waals surface area contributed by atoms with Gasteiger partial charge < -0.3 is 44.5 Å². The third kappa shape index (κ3) is 27.2. The Morgan fingerprint density at radius 2 is 1.09 bits per heavy atom. The molecule has 9 heterocycles. The van der Waals surface area contributed by atoms with Gasteiger partial charge in [-0.3, -0.25) is 38.3 Å². The first-order chi connectivity index (χ1) is 31.3. The molecule has 66 heavy (non-hydrogen) atoms. The number of aryl methyl sites for hydroxylation is 1. The van der Waals surface area contributed by atoms with E-state index in [1.54, 1.807) is 0 Å². The Morgan fingerprint density at radius 3 is 1.30 bits per heavy atom. The van der Waals surface area contributed by atoms with Gasteiger partial charge in [0.05, 0.1) is 12.3 Å². The van der Waals surface area contributed by atoms with E-state index in [2.05, 4.69) is 79.9 Å². The second-order valence-electron chi connectivity index (χ2n) is 16.0. The largest absolute Gasteiger partial charge is 0.439 e. The van der Waals surface area contributed by atoms with Gasteiger partial charge in [0.1, 0.15) is 0 Å². The number of nitrogens with zero attached hydrogens (tertiary/aromatic N) is 9. The molecule has 7 fully saturated rings. The van der Waals surface area contributed by atoms with E-state index >= 15 is 0 Å². The number of imide groups is 3. The molecule has 21 nitrogen and oxygen atoms in total. The van der Waals surface area contributed by atoms with E-state index in [9.17, 15) is 38.4 Å². The Hall–Kier alpha value is -4.52. The third-order valence-corrected chi connectivity index (χ3v) is 12.2. The molecule has 0 aliphatic carbocycles. The molecule has 0 spiro atoms. The Bertz CT molecular complexity index is 1630. The zero-order chi connectivity index (χ0) is 49.4. The molecule has 0 bridgehead atoms. The summed E-state index contributed by atoms with van der Waals surface area (Å²) in [7, 11) is 16.4. The van der Waals surface area contributed by atoms with E-state index in [1.165, 1.54) is 136 Å². The van der Waals surface area contributed by atoms with E-state index in [0.29, 0.717) is 5.75 Å². The number of rotatable bonds is 0. The molecule has 0 unspecified atom stereocenters. The highest BCUT2D eigenvalue weighted by Crippen LogP contribution is 2.15. The molecule has 7 aliphatic rings. The van der Waals surface area contributed by atoms with Crippen molar-refractivity contribution in [2.75, 3.05) is 145 Å². The van der Waals surface area contributed by atoms with Crippen LogP contribution in [0.3, 0.4) is 0 Å². The van der Waals surface area contributed by atoms with E-state index in [1.807, 2.05) is 36.1 Å². The number of thioether (sulfide) groups is 2. The van der Waals surface area contributed by atoms with E-state index in [4.69, 9.17) is 0 Å². The van der Waals surface area contributed by atoms with Crippen molar-refractivity contribution >= 4 is 58.6 Å². The molecular weight excluding hydrogens is 893 g/mol. The minimum atomic E-state index is -0.560. The normalized spacial score (nSPS) is 19.6. The van der Waals surface area contributed by atoms with Gasteiger partial charge >= 0.3 is 17.8 Å². The van der Waals surface area contributed by atoms with Gasteiger partial charge in [0.25, 0.3) is 16.7 Å². The van der Waals surface area contributed by atoms with Crippen molar-refractivity contribution in [2.24, 2.45) is 14.1 Å². The molecule has 2 aromatic heterocycles. The quantitative estimate of drug-likeness (QED) is 0.316. The Balaban J connectivity index is 0.000000372. The average molecular weight is 969 g/mol. The number of ether oxygens (including phenoxy) is 1. The fourth-order valence-corrected chi connectivity index (χ4v) is 7.43. The number of hydrogen-bond acceptors (Lipinski definition) is 16. The number of aromatic amines is 1. The molecule has 2 aromatic rings. The second kappa shape index (κ2) is 34.7. The SMILES string of the molecule is CN1C(=O)CNC1=O.CN1C(=O)COC1=O.CN1C(=O)CSC1=O.CN1CCCC1.CN1CCCCC1.CN1CCNCC1.CN1CCSCC1.Cn1c(=O)cc[nH]c1=O.Cn1cccc1. The Labute approximate surface area is 398 Å². The van der Waals surface area contributed by atoms with Crippen LogP contribution >= 0.6 is 23.5 Å². The summed E-state index contributed by atoms with van der Waals surface area (Å²) < 4.78 is 7.31. The maximum Gasteiger partial charge on any atom is 0.416 e. The van der Waals surface area contributed by atoms with Gasteiger partial charge in [-0.05, 0) is 92.2 Å². The topological polar surface area (TPSA) is 218 Å². The van der Waals surface area contributed by atoms with Crippen molar-refractivity contribution in [1.29, 1.82) is 0 Å². The summed E-state index contributed by atoms with van der Waals surface area (Å²) in [5.41, 5.74) is -0.679. The van der Waals surface area contributed by atoms with Crippen molar-refractivity contribution in [1.82, 2.24) is 59.1 Å². The Morgan fingerprint density at radius 1 is 0.576 bits per heavy atom. The number of aromatic nitrogens is 3. The van der Waals surface area contributed by atoms with Crippen LogP contribution in [-0.2, 0) is 33.2 Å². The number of amides is 7. The van der Waals surface area contributed by atoms with Crippen LogP contribution in [0.2, 0.25) is 0 Å². The number of cyclic esters (lactones) is 1. The van der Waals surface area contributed by atoms with Crippen LogP contribution in [0.1, 0.15) is 32.1 Å². The van der Waals surface area contributed by atoms with Crippen LogP contribution in [0.5, 0.6) is 0 Å². The lowest BCUT2D eigenvalue weighted by atomic mass is 10.1. The molecular formula is C43H76N12O9S2. The molecule has 7 amide bonds. The first-order valence-electron chi connectivity index (χ1n) is 22.1. The van der Waals surface area contributed by atoms with Gasteiger partial charge in [0, 0.05) is 111 Å². The second-order valence-corrected chi connectivity index (χ2v) is 18.1. The number of hydrogen-bond donors (Lipinski definition) is 3. The summed E-state index contributed by atoms with van der Waals surface area (Å²) in [5, 5.41) is 5.49. The average Bonchev–Trinajstić information content (AvgIpc) is 4.17. The van der Waals surface area contributed by atoms with Crippen LogP contribution in [0.4, 0.5) is 14.4 Å². The molecule has 0 atom stereocenters. The monoisotopic (exact) mass is 969 g/mol. The highest BCUT2D eigenvalue weighted by Gasteiger charge is 2.27. The summed E-state index contributed by atoms with van der Waals surface area (Å²) >= 11 is 3.11. The van der Waals surface area contributed by atoms with Crippen molar-refractivity contribution in [3.8, 4) is 0 Å². The molecule has 9 rings (SSSR count). The van der Waals surface area contributed by atoms with Crippen LogP contribution in [0.25, 0.3) is 0 Å². The summed E-state index contributed by atoms with van der Waals surface area (Å²) in [6, 6.07) is 4.98. The van der Waals surface area contributed by atoms with Crippen molar-refractivity contribution in [3.05, 3.63) is 57.6 Å². The third-order valence-electron chi connectivity index (χ3n) is 10.3. The van der Waals surface area contributed by atoms with Crippen LogP contribution in [0, 0.1) is 0 Å². The molecule has 0 saturated carbocycles. The highest BCUT2D eigenvalue weighted by atomic mass is 32.2. The van der Waals surface area contributed by atoms with Crippen molar-refractivity contribution in [3.63, 3.8) is 0 Å². The van der Waals surface area contributed by atoms with E-state index in [-0.39, 0.29) is 53.4 Å². The zero-order valence-electron chi connectivity index (χ0n) is 40.6. The van der Waals surface area contributed by atoms with Crippen LogP contribution in [0.15, 0.2) is 46.4 Å². The summed E-state index contributed by atoms with van der Waals surface area (Å²) in [4.78, 5) is 98.4. The smallest absolute Gasteiger partial charge is 0.416 e. The maximum absolute atomic E-state index is 10.6. The number of carbonyl (C=O) groups excluding carboxylic acids is 6. The fraction of sp³-hybridized carbons (Fsp3) is 0.674. The van der Waals surface area contributed by atoms with Crippen LogP contribution < -0.4 is 21.9 Å². The summed E-state index contributed by atoms with van der Waals surface area (Å²) in [6.45, 7) is 12.6. The zero-order valence-corrected chi connectivity index (χ0v) is 42.3. The first kappa shape index (κ1) is 59.5.